The Balaban J connectivity index is 1.71. The molecule has 1 saturated heterocycles. The molecule has 0 spiro atoms. The van der Waals surface area contributed by atoms with Crippen LogP contribution in [0.5, 0.6) is 17.2 Å². The van der Waals surface area contributed by atoms with Crippen LogP contribution in [0.2, 0.25) is 0 Å². The van der Waals surface area contributed by atoms with Gasteiger partial charge in [0.05, 0.1) is 19.3 Å². The topological polar surface area (TPSA) is 159 Å². The van der Waals surface area contributed by atoms with E-state index in [1.165, 1.54) is 37.6 Å². The molecule has 0 radical (unpaired) electrons. The van der Waals surface area contributed by atoms with Crippen molar-refractivity contribution in [2.24, 2.45) is 0 Å². The molecule has 1 aromatic heterocycles. The summed E-state index contributed by atoms with van der Waals surface area (Å²) in [7, 11) is 1.36. The van der Waals surface area contributed by atoms with E-state index in [1.54, 1.807) is 12.1 Å². The van der Waals surface area contributed by atoms with Gasteiger partial charge in [-0.1, -0.05) is 12.1 Å². The van der Waals surface area contributed by atoms with E-state index < -0.39 is 37.3 Å². The van der Waals surface area contributed by atoms with Crippen molar-refractivity contribution in [2.75, 3.05) is 13.7 Å². The highest BCUT2D eigenvalue weighted by Gasteiger charge is 2.44. The predicted molar refractivity (Wildman–Crippen MR) is 111 cm³/mol. The number of fused-ring (bicyclic) bond motifs is 1. The zero-order valence-corrected chi connectivity index (χ0v) is 16.9. The van der Waals surface area contributed by atoms with Crippen molar-refractivity contribution in [1.82, 2.24) is 0 Å². The third-order valence-electron chi connectivity index (χ3n) is 5.31. The van der Waals surface area contributed by atoms with Gasteiger partial charge in [-0.2, -0.15) is 0 Å². The van der Waals surface area contributed by atoms with E-state index in [9.17, 15) is 30.3 Å². The summed E-state index contributed by atoms with van der Waals surface area (Å²) in [4.78, 5) is 13.1. The van der Waals surface area contributed by atoms with Crippen LogP contribution in [0.4, 0.5) is 0 Å². The van der Waals surface area contributed by atoms with Crippen LogP contribution < -0.4 is 14.9 Å². The van der Waals surface area contributed by atoms with Gasteiger partial charge >= 0.3 is 0 Å². The van der Waals surface area contributed by atoms with E-state index in [4.69, 9.17) is 18.6 Å². The standard InChI is InChI=1S/C22H22O10/c1-29-14-6-12(31-22-21(28)20(27)19(26)16(8-23)32-22)7-15-17(14)18(25)13(9-30-15)10-2-4-11(24)5-3-10/h2-7,9,16,19-24,26-28H,8H2,1H3/t16-,19-,20+,21-,22-/m1/s1. The maximum Gasteiger partial charge on any atom is 0.229 e. The third-order valence-corrected chi connectivity index (χ3v) is 5.31. The van der Waals surface area contributed by atoms with Gasteiger partial charge in [0.25, 0.3) is 0 Å². The van der Waals surface area contributed by atoms with Crippen molar-refractivity contribution in [3.05, 3.63) is 52.9 Å². The van der Waals surface area contributed by atoms with Gasteiger partial charge in [0.1, 0.15) is 58.9 Å². The first-order chi connectivity index (χ1) is 15.3. The molecule has 32 heavy (non-hydrogen) atoms. The highest BCUT2D eigenvalue weighted by atomic mass is 16.7. The highest BCUT2D eigenvalue weighted by Crippen LogP contribution is 2.33. The Morgan fingerprint density at radius 3 is 2.41 bits per heavy atom. The van der Waals surface area contributed by atoms with Crippen LogP contribution in [0.15, 0.2) is 51.9 Å². The molecule has 0 aliphatic carbocycles. The van der Waals surface area contributed by atoms with Crippen LogP contribution in [-0.2, 0) is 4.74 Å². The van der Waals surface area contributed by atoms with Gasteiger partial charge in [0, 0.05) is 12.1 Å². The van der Waals surface area contributed by atoms with E-state index in [0.717, 1.165) is 0 Å². The van der Waals surface area contributed by atoms with Crippen molar-refractivity contribution < 1.29 is 44.2 Å². The molecule has 3 aromatic rings. The summed E-state index contributed by atoms with van der Waals surface area (Å²) in [6.45, 7) is -0.596. The number of aliphatic hydroxyl groups is 4. The average molecular weight is 446 g/mol. The van der Waals surface area contributed by atoms with Crippen molar-refractivity contribution >= 4 is 11.0 Å². The highest BCUT2D eigenvalue weighted by molar-refractivity contribution is 5.88. The Bertz CT molecular complexity index is 1150. The van der Waals surface area contributed by atoms with Gasteiger partial charge in [0.15, 0.2) is 0 Å². The molecule has 5 atom stereocenters. The lowest BCUT2D eigenvalue weighted by Crippen LogP contribution is -2.60. The molecule has 0 unspecified atom stereocenters. The lowest BCUT2D eigenvalue weighted by atomic mass is 9.99. The molecular formula is C22H22O10. The van der Waals surface area contributed by atoms with Crippen LogP contribution in [0.1, 0.15) is 0 Å². The molecule has 4 rings (SSSR count). The van der Waals surface area contributed by atoms with Gasteiger partial charge in [0.2, 0.25) is 11.7 Å². The van der Waals surface area contributed by atoms with Gasteiger partial charge in [-0.05, 0) is 17.7 Å². The first kappa shape index (κ1) is 22.1. The minimum absolute atomic E-state index is 0.0616. The fourth-order valence-electron chi connectivity index (χ4n) is 3.56. The van der Waals surface area contributed by atoms with Gasteiger partial charge < -0.3 is 44.2 Å². The van der Waals surface area contributed by atoms with Crippen molar-refractivity contribution in [3.8, 4) is 28.4 Å². The molecule has 170 valence electrons. The largest absolute Gasteiger partial charge is 0.508 e. The monoisotopic (exact) mass is 446 g/mol. The maximum absolute atomic E-state index is 13.1. The molecule has 0 amide bonds. The summed E-state index contributed by atoms with van der Waals surface area (Å²) >= 11 is 0. The van der Waals surface area contributed by atoms with Crippen LogP contribution >= 0.6 is 0 Å². The third kappa shape index (κ3) is 3.90. The van der Waals surface area contributed by atoms with Crippen LogP contribution in [0.3, 0.4) is 0 Å². The molecule has 2 heterocycles. The van der Waals surface area contributed by atoms with Gasteiger partial charge in [-0.25, -0.2) is 0 Å². The van der Waals surface area contributed by atoms with Crippen LogP contribution in [0, 0.1) is 0 Å². The fourth-order valence-corrected chi connectivity index (χ4v) is 3.56. The number of ether oxygens (including phenoxy) is 3. The summed E-state index contributed by atoms with van der Waals surface area (Å²) in [5.74, 6) is 0.294. The van der Waals surface area contributed by atoms with Gasteiger partial charge in [-0.15, -0.1) is 0 Å². The number of rotatable bonds is 5. The molecule has 1 aliphatic heterocycles. The smallest absolute Gasteiger partial charge is 0.229 e. The molecule has 0 saturated carbocycles. The first-order valence-corrected chi connectivity index (χ1v) is 9.74. The first-order valence-electron chi connectivity index (χ1n) is 9.74. The summed E-state index contributed by atoms with van der Waals surface area (Å²) in [6.07, 6.45) is -5.98. The second kappa shape index (κ2) is 8.77. The van der Waals surface area contributed by atoms with E-state index in [1.807, 2.05) is 0 Å². The van der Waals surface area contributed by atoms with Crippen LogP contribution in [0.25, 0.3) is 22.1 Å². The zero-order chi connectivity index (χ0) is 23.0. The number of benzene rings is 2. The average Bonchev–Trinajstić information content (AvgIpc) is 2.80. The number of phenolic OH excluding ortho intramolecular Hbond substituents is 1. The zero-order valence-electron chi connectivity index (χ0n) is 16.9. The molecule has 2 aromatic carbocycles. The van der Waals surface area contributed by atoms with Crippen molar-refractivity contribution in [3.63, 3.8) is 0 Å². The molecule has 0 bridgehead atoms. The second-order valence-electron chi connectivity index (χ2n) is 7.34. The number of aliphatic hydroxyl groups excluding tert-OH is 4. The van der Waals surface area contributed by atoms with Gasteiger partial charge in [-0.3, -0.25) is 4.79 Å². The number of hydrogen-bond donors (Lipinski definition) is 5. The Hall–Kier alpha value is -3.15. The minimum Gasteiger partial charge on any atom is -0.508 e. The minimum atomic E-state index is -1.60. The summed E-state index contributed by atoms with van der Waals surface area (Å²) in [6, 6.07) is 8.84. The predicted octanol–water partition coefficient (Wildman–Crippen LogP) is 0.353. The lowest BCUT2D eigenvalue weighted by molar-refractivity contribution is -0.277. The van der Waals surface area contributed by atoms with Crippen LogP contribution in [-0.4, -0.2) is 70.0 Å². The Morgan fingerprint density at radius 1 is 1.03 bits per heavy atom. The number of hydrogen-bond acceptors (Lipinski definition) is 10. The summed E-state index contributed by atoms with van der Waals surface area (Å²) < 4.78 is 21.9. The second-order valence-corrected chi connectivity index (χ2v) is 7.34. The number of phenols is 1. The maximum atomic E-state index is 13.1. The molecule has 5 N–H and O–H groups in total. The molecule has 10 heteroatoms. The number of aromatic hydroxyl groups is 1. The SMILES string of the molecule is COc1cc(O[C@@H]2O[C@H](CO)[C@@H](O)[C@H](O)[C@H]2O)cc2occ(-c3ccc(O)cc3)c(=O)c12. The Morgan fingerprint density at radius 2 is 1.75 bits per heavy atom. The fraction of sp³-hybridized carbons (Fsp3) is 0.318. The number of methoxy groups -OCH3 is 1. The van der Waals surface area contributed by atoms with Crippen molar-refractivity contribution in [1.29, 1.82) is 0 Å². The molecule has 10 nitrogen and oxygen atoms in total. The Kier molecular flexibility index (Phi) is 6.04. The van der Waals surface area contributed by atoms with Crippen molar-refractivity contribution in [2.45, 2.75) is 30.7 Å². The summed E-state index contributed by atoms with van der Waals surface area (Å²) in [5, 5.41) is 49.0. The van der Waals surface area contributed by atoms with E-state index in [2.05, 4.69) is 0 Å². The summed E-state index contributed by atoms with van der Waals surface area (Å²) in [5.41, 5.74) is 0.574. The quantitative estimate of drug-likeness (QED) is 0.370. The Labute approximate surface area is 181 Å². The molecular weight excluding hydrogens is 424 g/mol. The molecule has 1 aliphatic rings. The van der Waals surface area contributed by atoms with E-state index in [0.29, 0.717) is 5.56 Å². The normalized spacial score (nSPS) is 25.6. The lowest BCUT2D eigenvalue weighted by Gasteiger charge is -2.39. The van der Waals surface area contributed by atoms with E-state index >= 15 is 0 Å². The molecule has 1 fully saturated rings. The van der Waals surface area contributed by atoms with E-state index in [-0.39, 0.29) is 39.2 Å².